The van der Waals surface area contributed by atoms with E-state index in [-0.39, 0.29) is 0 Å². The summed E-state index contributed by atoms with van der Waals surface area (Å²) < 4.78 is 5.70. The molecule has 16 heavy (non-hydrogen) atoms. The fourth-order valence-corrected chi connectivity index (χ4v) is 2.30. The normalized spacial score (nSPS) is 21.3. The third-order valence-electron chi connectivity index (χ3n) is 3.28. The Kier molecular flexibility index (Phi) is 5.79. The van der Waals surface area contributed by atoms with Gasteiger partial charge in [-0.1, -0.05) is 26.2 Å². The van der Waals surface area contributed by atoms with Gasteiger partial charge in [0.1, 0.15) is 5.54 Å². The maximum atomic E-state index is 9.06. The quantitative estimate of drug-likeness (QED) is 0.754. The van der Waals surface area contributed by atoms with Gasteiger partial charge in [0.15, 0.2) is 0 Å². The van der Waals surface area contributed by atoms with Gasteiger partial charge in [-0.3, -0.25) is 5.32 Å². The van der Waals surface area contributed by atoms with Crippen molar-refractivity contribution in [2.24, 2.45) is 5.92 Å². The molecule has 0 bridgehead atoms. The van der Waals surface area contributed by atoms with Crippen LogP contribution in [0.1, 0.15) is 46.0 Å². The van der Waals surface area contributed by atoms with Crippen LogP contribution in [0.15, 0.2) is 0 Å². The summed E-state index contributed by atoms with van der Waals surface area (Å²) in [7, 11) is 0. The Morgan fingerprint density at radius 2 is 2.06 bits per heavy atom. The standard InChI is InChI=1S/C13H24N2O/c1-3-15-13(2,10-14)11-16-9-12-7-5-4-6-8-12/h12,15H,3-9,11H2,1-2H3. The molecule has 1 aliphatic carbocycles. The van der Waals surface area contributed by atoms with Gasteiger partial charge in [0.2, 0.25) is 0 Å². The summed E-state index contributed by atoms with van der Waals surface area (Å²) in [6.07, 6.45) is 6.66. The summed E-state index contributed by atoms with van der Waals surface area (Å²) in [6, 6.07) is 2.28. The monoisotopic (exact) mass is 224 g/mol. The van der Waals surface area contributed by atoms with E-state index >= 15 is 0 Å². The molecule has 0 spiro atoms. The number of hydrogen-bond donors (Lipinski definition) is 1. The summed E-state index contributed by atoms with van der Waals surface area (Å²) in [5.41, 5.74) is -0.524. The van der Waals surface area contributed by atoms with Crippen molar-refractivity contribution < 1.29 is 4.74 Å². The second kappa shape index (κ2) is 6.88. The maximum Gasteiger partial charge on any atom is 0.127 e. The summed E-state index contributed by atoms with van der Waals surface area (Å²) >= 11 is 0. The highest BCUT2D eigenvalue weighted by atomic mass is 16.5. The Morgan fingerprint density at radius 1 is 1.38 bits per heavy atom. The lowest BCUT2D eigenvalue weighted by molar-refractivity contribution is 0.0583. The Bertz CT molecular complexity index is 231. The summed E-state index contributed by atoms with van der Waals surface area (Å²) in [5, 5.41) is 12.2. The van der Waals surface area contributed by atoms with E-state index in [4.69, 9.17) is 10.00 Å². The van der Waals surface area contributed by atoms with Crippen molar-refractivity contribution in [2.45, 2.75) is 51.5 Å². The second-order valence-corrected chi connectivity index (χ2v) is 4.99. The molecule has 0 aromatic rings. The smallest absolute Gasteiger partial charge is 0.127 e. The molecule has 3 nitrogen and oxygen atoms in total. The zero-order valence-electron chi connectivity index (χ0n) is 10.6. The largest absolute Gasteiger partial charge is 0.378 e. The maximum absolute atomic E-state index is 9.06. The van der Waals surface area contributed by atoms with Gasteiger partial charge >= 0.3 is 0 Å². The van der Waals surface area contributed by atoms with E-state index in [0.717, 1.165) is 19.1 Å². The Labute approximate surface area is 99.2 Å². The lowest BCUT2D eigenvalue weighted by Crippen LogP contribution is -2.45. The van der Waals surface area contributed by atoms with Gasteiger partial charge in [-0.15, -0.1) is 0 Å². The highest BCUT2D eigenvalue weighted by Gasteiger charge is 2.23. The van der Waals surface area contributed by atoms with Crippen molar-refractivity contribution in [3.63, 3.8) is 0 Å². The van der Waals surface area contributed by atoms with Crippen LogP contribution in [0.3, 0.4) is 0 Å². The average Bonchev–Trinajstić information content (AvgIpc) is 2.31. The molecule has 1 aliphatic rings. The van der Waals surface area contributed by atoms with Crippen molar-refractivity contribution >= 4 is 0 Å². The minimum absolute atomic E-state index is 0.494. The highest BCUT2D eigenvalue weighted by Crippen LogP contribution is 2.23. The lowest BCUT2D eigenvalue weighted by atomic mass is 9.90. The highest BCUT2D eigenvalue weighted by molar-refractivity contribution is 5.03. The van der Waals surface area contributed by atoms with Crippen LogP contribution in [0.5, 0.6) is 0 Å². The first kappa shape index (κ1) is 13.5. The van der Waals surface area contributed by atoms with Crippen molar-refractivity contribution in [3.8, 4) is 6.07 Å². The fourth-order valence-electron chi connectivity index (χ4n) is 2.30. The van der Waals surface area contributed by atoms with Gasteiger partial charge in [0, 0.05) is 6.61 Å². The molecular formula is C13H24N2O. The van der Waals surface area contributed by atoms with Crippen molar-refractivity contribution in [1.29, 1.82) is 5.26 Å². The summed E-state index contributed by atoms with van der Waals surface area (Å²) in [5.74, 6) is 0.721. The molecule has 92 valence electrons. The van der Waals surface area contributed by atoms with Crippen LogP contribution in [0.25, 0.3) is 0 Å². The van der Waals surface area contributed by atoms with E-state index in [0.29, 0.717) is 6.61 Å². The second-order valence-electron chi connectivity index (χ2n) is 4.99. The molecule has 0 radical (unpaired) electrons. The topological polar surface area (TPSA) is 45.0 Å². The first-order valence-corrected chi connectivity index (χ1v) is 6.44. The number of nitrogens with one attached hydrogen (secondary N) is 1. The number of nitriles is 1. The Morgan fingerprint density at radius 3 is 2.62 bits per heavy atom. The number of ether oxygens (including phenoxy) is 1. The van der Waals surface area contributed by atoms with Gasteiger partial charge < -0.3 is 4.74 Å². The SMILES string of the molecule is CCNC(C)(C#N)COCC1CCCCC1. The molecule has 0 amide bonds. The molecule has 1 unspecified atom stereocenters. The van der Waals surface area contributed by atoms with Crippen LogP contribution < -0.4 is 5.32 Å². The minimum Gasteiger partial charge on any atom is -0.378 e. The predicted molar refractivity (Wildman–Crippen MR) is 65.1 cm³/mol. The lowest BCUT2D eigenvalue weighted by Gasteiger charge is -2.25. The van der Waals surface area contributed by atoms with Crippen molar-refractivity contribution in [3.05, 3.63) is 0 Å². The predicted octanol–water partition coefficient (Wildman–Crippen LogP) is 2.48. The molecule has 0 saturated heterocycles. The fraction of sp³-hybridized carbons (Fsp3) is 0.923. The van der Waals surface area contributed by atoms with E-state index in [1.54, 1.807) is 0 Å². The number of nitrogens with zero attached hydrogens (tertiary/aromatic N) is 1. The van der Waals surface area contributed by atoms with Gasteiger partial charge in [-0.25, -0.2) is 0 Å². The van der Waals surface area contributed by atoms with E-state index in [9.17, 15) is 0 Å². The van der Waals surface area contributed by atoms with Gasteiger partial charge in [0.05, 0.1) is 12.7 Å². The molecule has 1 atom stereocenters. The number of rotatable bonds is 6. The van der Waals surface area contributed by atoms with E-state index in [1.165, 1.54) is 32.1 Å². The zero-order chi connectivity index (χ0) is 11.9. The summed E-state index contributed by atoms with van der Waals surface area (Å²) in [6.45, 7) is 6.03. The number of likely N-dealkylation sites (N-methyl/N-ethyl adjacent to an activating group) is 1. The van der Waals surface area contributed by atoms with Gasteiger partial charge in [-0.05, 0) is 32.2 Å². The minimum atomic E-state index is -0.524. The van der Waals surface area contributed by atoms with E-state index in [2.05, 4.69) is 11.4 Å². The Hall–Kier alpha value is -0.590. The molecule has 0 aromatic heterocycles. The van der Waals surface area contributed by atoms with Crippen molar-refractivity contribution in [2.75, 3.05) is 19.8 Å². The molecular weight excluding hydrogens is 200 g/mol. The molecule has 0 heterocycles. The van der Waals surface area contributed by atoms with E-state index in [1.807, 2.05) is 13.8 Å². The van der Waals surface area contributed by atoms with E-state index < -0.39 is 5.54 Å². The number of hydrogen-bond acceptors (Lipinski definition) is 3. The average molecular weight is 224 g/mol. The molecule has 3 heteroatoms. The molecule has 1 fully saturated rings. The third-order valence-corrected chi connectivity index (χ3v) is 3.28. The van der Waals surface area contributed by atoms with Crippen molar-refractivity contribution in [1.82, 2.24) is 5.32 Å². The van der Waals surface area contributed by atoms with Crippen LogP contribution in [0, 0.1) is 17.2 Å². The first-order valence-electron chi connectivity index (χ1n) is 6.44. The zero-order valence-corrected chi connectivity index (χ0v) is 10.6. The van der Waals surface area contributed by atoms with Gasteiger partial charge in [0.25, 0.3) is 0 Å². The molecule has 1 N–H and O–H groups in total. The first-order chi connectivity index (χ1) is 7.70. The molecule has 1 rings (SSSR count). The summed E-state index contributed by atoms with van der Waals surface area (Å²) in [4.78, 5) is 0. The van der Waals surface area contributed by atoms with Crippen LogP contribution >= 0.6 is 0 Å². The molecule has 1 saturated carbocycles. The van der Waals surface area contributed by atoms with Gasteiger partial charge in [-0.2, -0.15) is 5.26 Å². The van der Waals surface area contributed by atoms with Crippen LogP contribution in [0.2, 0.25) is 0 Å². The molecule has 0 aromatic carbocycles. The van der Waals surface area contributed by atoms with Crippen LogP contribution in [0.4, 0.5) is 0 Å². The van der Waals surface area contributed by atoms with Crippen LogP contribution in [-0.2, 0) is 4.74 Å². The Balaban J connectivity index is 2.20. The molecule has 0 aliphatic heterocycles. The third kappa shape index (κ3) is 4.51. The van der Waals surface area contributed by atoms with Crippen LogP contribution in [-0.4, -0.2) is 25.3 Å².